The molecule has 1 aliphatic rings. The van der Waals surface area contributed by atoms with Gasteiger partial charge in [-0.2, -0.15) is 0 Å². The van der Waals surface area contributed by atoms with Gasteiger partial charge in [-0.1, -0.05) is 32.4 Å². The van der Waals surface area contributed by atoms with Crippen LogP contribution in [0.2, 0.25) is 0 Å². The molecule has 0 aromatic heterocycles. The highest BCUT2D eigenvalue weighted by Gasteiger charge is 2.38. The molecule has 0 radical (unpaired) electrons. The second-order valence-corrected chi connectivity index (χ2v) is 5.79. The SMILES string of the molecule is CCCN1CC[C@](CCC)(c2cccc(OC)c2)C1. The summed E-state index contributed by atoms with van der Waals surface area (Å²) in [5.74, 6) is 0.988. The Morgan fingerprint density at radius 1 is 1.26 bits per heavy atom. The average molecular weight is 261 g/mol. The smallest absolute Gasteiger partial charge is 0.119 e. The first kappa shape index (κ1) is 14.4. The first-order chi connectivity index (χ1) is 9.24. The maximum atomic E-state index is 5.40. The van der Waals surface area contributed by atoms with Gasteiger partial charge in [0.15, 0.2) is 0 Å². The summed E-state index contributed by atoms with van der Waals surface area (Å²) in [5.41, 5.74) is 1.81. The maximum absolute atomic E-state index is 5.40. The summed E-state index contributed by atoms with van der Waals surface area (Å²) in [6, 6.07) is 8.70. The minimum absolute atomic E-state index is 0.346. The fraction of sp³-hybridized carbons (Fsp3) is 0.647. The second kappa shape index (κ2) is 6.42. The van der Waals surface area contributed by atoms with Crippen molar-refractivity contribution in [2.45, 2.75) is 44.9 Å². The summed E-state index contributed by atoms with van der Waals surface area (Å²) < 4.78 is 5.40. The molecule has 0 N–H and O–H groups in total. The molecule has 106 valence electrons. The molecule has 1 heterocycles. The lowest BCUT2D eigenvalue weighted by Gasteiger charge is -2.30. The molecule has 19 heavy (non-hydrogen) atoms. The molecule has 1 saturated heterocycles. The van der Waals surface area contributed by atoms with E-state index in [1.54, 1.807) is 7.11 Å². The molecule has 2 rings (SSSR count). The van der Waals surface area contributed by atoms with E-state index in [4.69, 9.17) is 4.74 Å². The Kier molecular flexibility index (Phi) is 4.87. The number of likely N-dealkylation sites (tertiary alicyclic amines) is 1. The van der Waals surface area contributed by atoms with Crippen molar-refractivity contribution < 1.29 is 4.74 Å². The highest BCUT2D eigenvalue weighted by atomic mass is 16.5. The summed E-state index contributed by atoms with van der Waals surface area (Å²) in [6.07, 6.45) is 5.06. The van der Waals surface area contributed by atoms with Gasteiger partial charge in [0.1, 0.15) is 5.75 Å². The molecule has 0 spiro atoms. The van der Waals surface area contributed by atoms with Crippen molar-refractivity contribution in [3.05, 3.63) is 29.8 Å². The zero-order valence-corrected chi connectivity index (χ0v) is 12.6. The molecular weight excluding hydrogens is 234 g/mol. The summed E-state index contributed by atoms with van der Waals surface area (Å²) in [7, 11) is 1.75. The largest absolute Gasteiger partial charge is 0.497 e. The molecule has 1 aromatic carbocycles. The molecule has 1 aromatic rings. The van der Waals surface area contributed by atoms with E-state index in [9.17, 15) is 0 Å². The zero-order chi connectivity index (χ0) is 13.7. The van der Waals surface area contributed by atoms with Gasteiger partial charge in [0, 0.05) is 12.0 Å². The van der Waals surface area contributed by atoms with Crippen molar-refractivity contribution >= 4 is 0 Å². The van der Waals surface area contributed by atoms with E-state index in [-0.39, 0.29) is 0 Å². The summed E-state index contributed by atoms with van der Waals surface area (Å²) in [5, 5.41) is 0. The van der Waals surface area contributed by atoms with Crippen LogP contribution in [0.5, 0.6) is 5.75 Å². The Labute approximate surface area is 117 Å². The number of methoxy groups -OCH3 is 1. The van der Waals surface area contributed by atoms with Gasteiger partial charge in [0.25, 0.3) is 0 Å². The normalized spacial score (nSPS) is 23.7. The molecule has 1 fully saturated rings. The van der Waals surface area contributed by atoms with E-state index in [0.717, 1.165) is 5.75 Å². The number of rotatable bonds is 6. The predicted molar refractivity (Wildman–Crippen MR) is 80.9 cm³/mol. The van der Waals surface area contributed by atoms with Gasteiger partial charge in [0.05, 0.1) is 7.11 Å². The van der Waals surface area contributed by atoms with Crippen molar-refractivity contribution in [3.8, 4) is 5.75 Å². The number of hydrogen-bond donors (Lipinski definition) is 0. The Balaban J connectivity index is 2.24. The van der Waals surface area contributed by atoms with Gasteiger partial charge in [0.2, 0.25) is 0 Å². The minimum Gasteiger partial charge on any atom is -0.497 e. The van der Waals surface area contributed by atoms with Crippen LogP contribution in [0.1, 0.15) is 45.1 Å². The van der Waals surface area contributed by atoms with E-state index in [0.29, 0.717) is 5.41 Å². The zero-order valence-electron chi connectivity index (χ0n) is 12.6. The highest BCUT2D eigenvalue weighted by Crippen LogP contribution is 2.39. The third-order valence-corrected chi connectivity index (χ3v) is 4.38. The highest BCUT2D eigenvalue weighted by molar-refractivity contribution is 5.35. The molecule has 2 nitrogen and oxygen atoms in total. The summed E-state index contributed by atoms with van der Waals surface area (Å²) in [4.78, 5) is 2.62. The standard InChI is InChI=1S/C17H27NO/c1-4-9-17(10-12-18(14-17)11-5-2)15-7-6-8-16(13-15)19-3/h6-8,13H,4-5,9-12,14H2,1-3H3/t17-/m0/s1. The monoisotopic (exact) mass is 261 g/mol. The van der Waals surface area contributed by atoms with Crippen molar-refractivity contribution in [3.63, 3.8) is 0 Å². The van der Waals surface area contributed by atoms with E-state index >= 15 is 0 Å². The lowest BCUT2D eigenvalue weighted by atomic mass is 9.76. The lowest BCUT2D eigenvalue weighted by Crippen LogP contribution is -2.31. The Morgan fingerprint density at radius 2 is 2.11 bits per heavy atom. The number of nitrogens with zero attached hydrogens (tertiary/aromatic N) is 1. The quantitative estimate of drug-likeness (QED) is 0.771. The van der Waals surface area contributed by atoms with E-state index in [1.807, 2.05) is 6.07 Å². The van der Waals surface area contributed by atoms with Crippen LogP contribution in [0.4, 0.5) is 0 Å². The maximum Gasteiger partial charge on any atom is 0.119 e. The van der Waals surface area contributed by atoms with Crippen LogP contribution >= 0.6 is 0 Å². The van der Waals surface area contributed by atoms with Crippen molar-refractivity contribution in [2.24, 2.45) is 0 Å². The van der Waals surface area contributed by atoms with Gasteiger partial charge in [-0.05, 0) is 50.0 Å². The van der Waals surface area contributed by atoms with Crippen LogP contribution in [0.3, 0.4) is 0 Å². The Morgan fingerprint density at radius 3 is 2.79 bits per heavy atom. The second-order valence-electron chi connectivity index (χ2n) is 5.79. The molecule has 0 unspecified atom stereocenters. The summed E-state index contributed by atoms with van der Waals surface area (Å²) in [6.45, 7) is 8.25. The van der Waals surface area contributed by atoms with Crippen LogP contribution in [-0.2, 0) is 5.41 Å². The molecular formula is C17H27NO. The Bertz CT molecular complexity index is 404. The van der Waals surface area contributed by atoms with Crippen LogP contribution in [0.25, 0.3) is 0 Å². The molecule has 1 atom stereocenters. The van der Waals surface area contributed by atoms with Crippen LogP contribution in [0.15, 0.2) is 24.3 Å². The predicted octanol–water partition coefficient (Wildman–Crippen LogP) is 3.85. The van der Waals surface area contributed by atoms with Crippen LogP contribution in [-0.4, -0.2) is 31.6 Å². The molecule has 0 saturated carbocycles. The fourth-order valence-corrected chi connectivity index (χ4v) is 3.48. The number of benzene rings is 1. The first-order valence-electron chi connectivity index (χ1n) is 7.61. The van der Waals surface area contributed by atoms with E-state index in [1.165, 1.54) is 50.9 Å². The third-order valence-electron chi connectivity index (χ3n) is 4.38. The summed E-state index contributed by atoms with van der Waals surface area (Å²) >= 11 is 0. The lowest BCUT2D eigenvalue weighted by molar-refractivity contribution is 0.301. The van der Waals surface area contributed by atoms with E-state index in [2.05, 4.69) is 36.9 Å². The van der Waals surface area contributed by atoms with E-state index < -0.39 is 0 Å². The molecule has 0 aliphatic carbocycles. The van der Waals surface area contributed by atoms with Crippen LogP contribution < -0.4 is 4.74 Å². The van der Waals surface area contributed by atoms with Gasteiger partial charge in [-0.25, -0.2) is 0 Å². The third kappa shape index (κ3) is 3.11. The molecule has 0 amide bonds. The van der Waals surface area contributed by atoms with Crippen molar-refractivity contribution in [1.82, 2.24) is 4.90 Å². The Hall–Kier alpha value is -1.02. The van der Waals surface area contributed by atoms with Gasteiger partial charge < -0.3 is 9.64 Å². The van der Waals surface area contributed by atoms with Crippen molar-refractivity contribution in [1.29, 1.82) is 0 Å². The minimum atomic E-state index is 0.346. The topological polar surface area (TPSA) is 12.5 Å². The van der Waals surface area contributed by atoms with Gasteiger partial charge in [-0.15, -0.1) is 0 Å². The number of hydrogen-bond acceptors (Lipinski definition) is 2. The fourth-order valence-electron chi connectivity index (χ4n) is 3.48. The molecule has 1 aliphatic heterocycles. The molecule has 2 heteroatoms. The van der Waals surface area contributed by atoms with Crippen LogP contribution in [0, 0.1) is 0 Å². The number of ether oxygens (including phenoxy) is 1. The molecule has 0 bridgehead atoms. The van der Waals surface area contributed by atoms with Gasteiger partial charge >= 0.3 is 0 Å². The first-order valence-corrected chi connectivity index (χ1v) is 7.61. The van der Waals surface area contributed by atoms with Crippen molar-refractivity contribution in [2.75, 3.05) is 26.7 Å². The van der Waals surface area contributed by atoms with Gasteiger partial charge in [-0.3, -0.25) is 0 Å². The average Bonchev–Trinajstić information content (AvgIpc) is 2.84.